The van der Waals surface area contributed by atoms with Gasteiger partial charge in [-0.05, 0) is 24.3 Å². The molecule has 0 heterocycles. The van der Waals surface area contributed by atoms with Crippen LogP contribution in [0.15, 0.2) is 48.0 Å². The van der Waals surface area contributed by atoms with E-state index in [2.05, 4.69) is 5.32 Å². The number of amides is 1. The molecule has 0 radical (unpaired) electrons. The minimum atomic E-state index is -0.728. The first kappa shape index (κ1) is 17.5. The van der Waals surface area contributed by atoms with E-state index in [0.29, 0.717) is 15.6 Å². The summed E-state index contributed by atoms with van der Waals surface area (Å²) in [4.78, 5) is 22.4. The van der Waals surface area contributed by atoms with Gasteiger partial charge in [0.15, 0.2) is 0 Å². The normalized spacial score (nSPS) is 10.8. The third-order valence-corrected chi connectivity index (χ3v) is 3.63. The van der Waals surface area contributed by atoms with Gasteiger partial charge in [0.2, 0.25) is 0 Å². The van der Waals surface area contributed by atoms with Crippen molar-refractivity contribution in [2.45, 2.75) is 0 Å². The van der Waals surface area contributed by atoms with Gasteiger partial charge in [-0.3, -0.25) is 14.9 Å². The molecule has 6 nitrogen and oxygen atoms in total. The van der Waals surface area contributed by atoms with Crippen molar-refractivity contribution in [2.75, 3.05) is 5.32 Å². The van der Waals surface area contributed by atoms with Crippen molar-refractivity contribution >= 4 is 46.6 Å². The van der Waals surface area contributed by atoms with Crippen molar-refractivity contribution in [1.29, 1.82) is 5.26 Å². The maximum Gasteiger partial charge on any atom is 0.271 e. The number of carbonyl (C=O) groups excluding carboxylic acids is 1. The molecule has 2 aromatic carbocycles. The minimum absolute atomic E-state index is 0.176. The zero-order valence-corrected chi connectivity index (χ0v) is 13.5. The van der Waals surface area contributed by atoms with E-state index in [4.69, 9.17) is 23.2 Å². The number of hydrogen-bond donors (Lipinski definition) is 1. The van der Waals surface area contributed by atoms with E-state index in [1.165, 1.54) is 30.3 Å². The van der Waals surface area contributed by atoms with Gasteiger partial charge in [-0.2, -0.15) is 5.26 Å². The molecule has 0 aliphatic rings. The van der Waals surface area contributed by atoms with Gasteiger partial charge in [-0.1, -0.05) is 35.3 Å². The predicted molar refractivity (Wildman–Crippen MR) is 91.8 cm³/mol. The fourth-order valence-electron chi connectivity index (χ4n) is 1.84. The van der Waals surface area contributed by atoms with Crippen molar-refractivity contribution < 1.29 is 9.72 Å². The topological polar surface area (TPSA) is 96.0 Å². The van der Waals surface area contributed by atoms with E-state index in [-0.39, 0.29) is 16.9 Å². The highest BCUT2D eigenvalue weighted by Gasteiger charge is 2.13. The standard InChI is InChI=1S/C16H9Cl2N3O3/c17-14-5-2-6-15(18)13(14)7-10(9-19)16(22)20-11-3-1-4-12(8-11)21(23)24/h1-8H,(H,20,22)/b10-7-. The van der Waals surface area contributed by atoms with Crippen LogP contribution in [0.5, 0.6) is 0 Å². The molecule has 1 N–H and O–H groups in total. The van der Waals surface area contributed by atoms with Gasteiger partial charge in [-0.25, -0.2) is 0 Å². The Hall–Kier alpha value is -2.88. The Labute approximate surface area is 147 Å². The molecule has 8 heteroatoms. The molecule has 0 saturated heterocycles. The lowest BCUT2D eigenvalue weighted by Gasteiger charge is -2.05. The van der Waals surface area contributed by atoms with Gasteiger partial charge in [0, 0.05) is 33.4 Å². The first-order valence-electron chi connectivity index (χ1n) is 6.54. The lowest BCUT2D eigenvalue weighted by molar-refractivity contribution is -0.384. The number of hydrogen-bond acceptors (Lipinski definition) is 4. The first-order valence-corrected chi connectivity index (χ1v) is 7.29. The van der Waals surface area contributed by atoms with Crippen molar-refractivity contribution in [3.63, 3.8) is 0 Å². The Morgan fingerprint density at radius 3 is 2.42 bits per heavy atom. The summed E-state index contributed by atoms with van der Waals surface area (Å²) in [6.45, 7) is 0. The number of rotatable bonds is 4. The number of halogens is 2. The molecule has 0 spiro atoms. The third-order valence-electron chi connectivity index (χ3n) is 2.97. The second-order valence-electron chi connectivity index (χ2n) is 4.57. The van der Waals surface area contributed by atoms with E-state index in [0.717, 1.165) is 0 Å². The maximum absolute atomic E-state index is 12.2. The van der Waals surface area contributed by atoms with Crippen LogP contribution < -0.4 is 5.32 Å². The van der Waals surface area contributed by atoms with Gasteiger partial charge >= 0.3 is 0 Å². The molecular weight excluding hydrogens is 353 g/mol. The van der Waals surface area contributed by atoms with E-state index in [1.807, 2.05) is 0 Å². The zero-order valence-electron chi connectivity index (χ0n) is 12.0. The number of carbonyl (C=O) groups is 1. The average molecular weight is 362 g/mol. The van der Waals surface area contributed by atoms with Crippen LogP contribution in [0.3, 0.4) is 0 Å². The predicted octanol–water partition coefficient (Wildman–Crippen LogP) is 4.45. The molecule has 0 bridgehead atoms. The minimum Gasteiger partial charge on any atom is -0.321 e. The van der Waals surface area contributed by atoms with Crippen LogP contribution in [0.4, 0.5) is 11.4 Å². The lowest BCUT2D eigenvalue weighted by atomic mass is 10.1. The van der Waals surface area contributed by atoms with Gasteiger partial charge < -0.3 is 5.32 Å². The van der Waals surface area contributed by atoms with Crippen molar-refractivity contribution in [3.05, 3.63) is 73.8 Å². The van der Waals surface area contributed by atoms with Crippen molar-refractivity contribution in [1.82, 2.24) is 0 Å². The highest BCUT2D eigenvalue weighted by atomic mass is 35.5. The first-order chi connectivity index (χ1) is 11.4. The second kappa shape index (κ2) is 7.59. The van der Waals surface area contributed by atoms with Crippen molar-refractivity contribution in [2.24, 2.45) is 0 Å². The summed E-state index contributed by atoms with van der Waals surface area (Å²) in [5, 5.41) is 22.9. The Kier molecular flexibility index (Phi) is 5.53. The fraction of sp³-hybridized carbons (Fsp3) is 0. The molecule has 24 heavy (non-hydrogen) atoms. The number of nitro groups is 1. The van der Waals surface area contributed by atoms with E-state index in [9.17, 15) is 20.2 Å². The van der Waals surface area contributed by atoms with E-state index in [1.54, 1.807) is 24.3 Å². The largest absolute Gasteiger partial charge is 0.321 e. The number of nitrogens with zero attached hydrogens (tertiary/aromatic N) is 2. The molecule has 2 aromatic rings. The van der Waals surface area contributed by atoms with Crippen LogP contribution in [-0.4, -0.2) is 10.8 Å². The molecule has 0 atom stereocenters. The van der Waals surface area contributed by atoms with Gasteiger partial charge in [0.05, 0.1) is 4.92 Å². The summed E-state index contributed by atoms with van der Waals surface area (Å²) in [6.07, 6.45) is 1.26. The molecule has 1 amide bonds. The Morgan fingerprint density at radius 2 is 1.83 bits per heavy atom. The number of nitriles is 1. The summed E-state index contributed by atoms with van der Waals surface area (Å²) >= 11 is 12.0. The maximum atomic E-state index is 12.2. The highest BCUT2D eigenvalue weighted by molar-refractivity contribution is 6.37. The van der Waals surface area contributed by atoms with E-state index >= 15 is 0 Å². The molecular formula is C16H9Cl2N3O3. The van der Waals surface area contributed by atoms with Crippen LogP contribution in [0.1, 0.15) is 5.56 Å². The summed E-state index contributed by atoms with van der Waals surface area (Å²) < 4.78 is 0. The van der Waals surface area contributed by atoms with Gasteiger partial charge in [0.25, 0.3) is 11.6 Å². The summed E-state index contributed by atoms with van der Waals surface area (Å²) in [7, 11) is 0. The highest BCUT2D eigenvalue weighted by Crippen LogP contribution is 2.27. The fourth-order valence-corrected chi connectivity index (χ4v) is 2.34. The molecule has 0 fully saturated rings. The number of benzene rings is 2. The van der Waals surface area contributed by atoms with Crippen LogP contribution >= 0.6 is 23.2 Å². The van der Waals surface area contributed by atoms with Crippen molar-refractivity contribution in [3.8, 4) is 6.07 Å². The summed E-state index contributed by atoms with van der Waals surface area (Å²) in [6, 6.07) is 11.9. The number of nitrogens with one attached hydrogen (secondary N) is 1. The number of nitro benzene ring substituents is 1. The van der Waals surface area contributed by atoms with Gasteiger partial charge in [0.1, 0.15) is 11.6 Å². The molecule has 0 aliphatic heterocycles. The smallest absolute Gasteiger partial charge is 0.271 e. The Bertz CT molecular complexity index is 868. The molecule has 2 rings (SSSR count). The molecule has 0 unspecified atom stereocenters. The Balaban J connectivity index is 2.30. The summed E-state index contributed by atoms with van der Waals surface area (Å²) in [5.74, 6) is -0.728. The second-order valence-corrected chi connectivity index (χ2v) is 5.38. The summed E-state index contributed by atoms with van der Waals surface area (Å²) in [5.41, 5.74) is 0.119. The van der Waals surface area contributed by atoms with Crippen LogP contribution in [0.2, 0.25) is 10.0 Å². The van der Waals surface area contributed by atoms with Crippen LogP contribution in [0, 0.1) is 21.4 Å². The number of non-ortho nitro benzene ring substituents is 1. The molecule has 120 valence electrons. The van der Waals surface area contributed by atoms with Crippen LogP contribution in [0.25, 0.3) is 6.08 Å². The quantitative estimate of drug-likeness (QED) is 0.376. The Morgan fingerprint density at radius 1 is 1.21 bits per heavy atom. The third kappa shape index (κ3) is 4.10. The van der Waals surface area contributed by atoms with Gasteiger partial charge in [-0.15, -0.1) is 0 Å². The number of anilines is 1. The molecule has 0 aromatic heterocycles. The average Bonchev–Trinajstić information content (AvgIpc) is 2.54. The molecule has 0 saturated carbocycles. The zero-order chi connectivity index (χ0) is 17.7. The lowest BCUT2D eigenvalue weighted by Crippen LogP contribution is -2.13. The molecule has 0 aliphatic carbocycles. The van der Waals surface area contributed by atoms with Crippen LogP contribution in [-0.2, 0) is 4.79 Å². The SMILES string of the molecule is N#C/C(=C/c1c(Cl)cccc1Cl)C(=O)Nc1cccc([N+](=O)[O-])c1. The van der Waals surface area contributed by atoms with E-state index < -0.39 is 10.8 Å². The monoisotopic (exact) mass is 361 g/mol.